The number of hydrogen-bond donors (Lipinski definition) is 2. The summed E-state index contributed by atoms with van der Waals surface area (Å²) in [5.74, 6) is 1.33. The van der Waals surface area contributed by atoms with Gasteiger partial charge in [0.15, 0.2) is 0 Å². The first-order chi connectivity index (χ1) is 15.0. The maximum absolute atomic E-state index is 12.4. The van der Waals surface area contributed by atoms with Crippen LogP contribution in [0.2, 0.25) is 0 Å². The van der Waals surface area contributed by atoms with Gasteiger partial charge in [0, 0.05) is 29.7 Å². The second-order valence-electron chi connectivity index (χ2n) is 7.93. The van der Waals surface area contributed by atoms with Crippen LogP contribution in [-0.2, 0) is 13.0 Å². The molecule has 0 aliphatic rings. The Kier molecular flexibility index (Phi) is 8.05. The SMILES string of the molecule is CCc1cc(OCc2ccccn2)ccc1Nc1cccc(C(=O)NCCC(C)C)c1. The van der Waals surface area contributed by atoms with E-state index in [0.717, 1.165) is 41.2 Å². The molecular weight excluding hydrogens is 386 g/mol. The van der Waals surface area contributed by atoms with Crippen LogP contribution in [-0.4, -0.2) is 17.4 Å². The van der Waals surface area contributed by atoms with Gasteiger partial charge in [-0.15, -0.1) is 0 Å². The molecule has 0 aliphatic heterocycles. The molecule has 5 heteroatoms. The van der Waals surface area contributed by atoms with Gasteiger partial charge in [-0.2, -0.15) is 0 Å². The summed E-state index contributed by atoms with van der Waals surface area (Å²) in [5, 5.41) is 6.44. The van der Waals surface area contributed by atoms with E-state index in [1.54, 1.807) is 6.20 Å². The number of nitrogens with one attached hydrogen (secondary N) is 2. The number of hydrogen-bond acceptors (Lipinski definition) is 4. The Morgan fingerprint density at radius 3 is 2.68 bits per heavy atom. The summed E-state index contributed by atoms with van der Waals surface area (Å²) in [6.07, 6.45) is 3.60. The van der Waals surface area contributed by atoms with Crippen molar-refractivity contribution in [1.82, 2.24) is 10.3 Å². The third-order valence-electron chi connectivity index (χ3n) is 4.98. The van der Waals surface area contributed by atoms with Crippen molar-refractivity contribution >= 4 is 17.3 Å². The fourth-order valence-corrected chi connectivity index (χ4v) is 3.19. The number of rotatable bonds is 10. The predicted octanol–water partition coefficient (Wildman–Crippen LogP) is 5.74. The van der Waals surface area contributed by atoms with Gasteiger partial charge in [0.25, 0.3) is 5.91 Å². The molecule has 0 aliphatic carbocycles. The Bertz CT molecular complexity index is 987. The molecule has 2 N–H and O–H groups in total. The molecule has 1 heterocycles. The lowest BCUT2D eigenvalue weighted by Crippen LogP contribution is -2.25. The molecule has 162 valence electrons. The molecule has 0 fully saturated rings. The second-order valence-corrected chi connectivity index (χ2v) is 7.93. The first-order valence-corrected chi connectivity index (χ1v) is 10.9. The molecule has 0 saturated carbocycles. The van der Waals surface area contributed by atoms with E-state index in [4.69, 9.17) is 4.74 Å². The Morgan fingerprint density at radius 1 is 1.06 bits per heavy atom. The first-order valence-electron chi connectivity index (χ1n) is 10.9. The van der Waals surface area contributed by atoms with E-state index < -0.39 is 0 Å². The minimum atomic E-state index is -0.0433. The normalized spacial score (nSPS) is 10.7. The van der Waals surface area contributed by atoms with Crippen LogP contribution >= 0.6 is 0 Å². The first kappa shape index (κ1) is 22.3. The lowest BCUT2D eigenvalue weighted by Gasteiger charge is -2.14. The van der Waals surface area contributed by atoms with Gasteiger partial charge in [0.1, 0.15) is 12.4 Å². The van der Waals surface area contributed by atoms with Gasteiger partial charge >= 0.3 is 0 Å². The predicted molar refractivity (Wildman–Crippen MR) is 126 cm³/mol. The van der Waals surface area contributed by atoms with Gasteiger partial charge in [-0.25, -0.2) is 0 Å². The van der Waals surface area contributed by atoms with Crippen molar-refractivity contribution in [3.05, 3.63) is 83.7 Å². The number of anilines is 2. The topological polar surface area (TPSA) is 63.2 Å². The van der Waals surface area contributed by atoms with Gasteiger partial charge in [-0.1, -0.05) is 32.9 Å². The average molecular weight is 418 g/mol. The van der Waals surface area contributed by atoms with Crippen molar-refractivity contribution in [2.45, 2.75) is 40.2 Å². The molecule has 3 aromatic rings. The number of carbonyl (C=O) groups is 1. The molecule has 0 radical (unpaired) electrons. The van der Waals surface area contributed by atoms with Crippen molar-refractivity contribution in [2.75, 3.05) is 11.9 Å². The van der Waals surface area contributed by atoms with E-state index in [1.165, 1.54) is 0 Å². The smallest absolute Gasteiger partial charge is 0.251 e. The van der Waals surface area contributed by atoms with Crippen LogP contribution in [0.1, 0.15) is 48.8 Å². The van der Waals surface area contributed by atoms with E-state index in [-0.39, 0.29) is 5.91 Å². The van der Waals surface area contributed by atoms with Crippen LogP contribution in [0, 0.1) is 5.92 Å². The fourth-order valence-electron chi connectivity index (χ4n) is 3.19. The lowest BCUT2D eigenvalue weighted by atomic mass is 10.1. The van der Waals surface area contributed by atoms with E-state index in [9.17, 15) is 4.79 Å². The molecule has 0 saturated heterocycles. The Morgan fingerprint density at radius 2 is 1.94 bits per heavy atom. The summed E-state index contributed by atoms with van der Waals surface area (Å²) in [5.41, 5.74) is 4.58. The van der Waals surface area contributed by atoms with E-state index in [1.807, 2.05) is 60.7 Å². The average Bonchev–Trinajstić information content (AvgIpc) is 2.79. The zero-order valence-electron chi connectivity index (χ0n) is 18.5. The number of amides is 1. The third kappa shape index (κ3) is 6.85. The molecular formula is C26H31N3O2. The number of aryl methyl sites for hydroxylation is 1. The van der Waals surface area contributed by atoms with Crippen molar-refractivity contribution in [3.8, 4) is 5.75 Å². The van der Waals surface area contributed by atoms with Gasteiger partial charge in [0.2, 0.25) is 0 Å². The second kappa shape index (κ2) is 11.2. The minimum absolute atomic E-state index is 0.0433. The molecule has 1 amide bonds. The molecule has 3 rings (SSSR count). The van der Waals surface area contributed by atoms with E-state index >= 15 is 0 Å². The summed E-state index contributed by atoms with van der Waals surface area (Å²) in [6.45, 7) is 7.54. The van der Waals surface area contributed by atoms with Crippen molar-refractivity contribution in [2.24, 2.45) is 5.92 Å². The summed E-state index contributed by atoms with van der Waals surface area (Å²) >= 11 is 0. The molecule has 0 bridgehead atoms. The fraction of sp³-hybridized carbons (Fsp3) is 0.308. The lowest BCUT2D eigenvalue weighted by molar-refractivity contribution is 0.0952. The molecule has 0 unspecified atom stereocenters. The van der Waals surface area contributed by atoms with Gasteiger partial charge < -0.3 is 15.4 Å². The van der Waals surface area contributed by atoms with Crippen LogP contribution in [0.4, 0.5) is 11.4 Å². The number of benzene rings is 2. The maximum Gasteiger partial charge on any atom is 0.251 e. The Labute approximate surface area is 184 Å². The summed E-state index contributed by atoms with van der Waals surface area (Å²) in [6, 6.07) is 19.4. The molecule has 31 heavy (non-hydrogen) atoms. The van der Waals surface area contributed by atoms with Crippen LogP contribution in [0.3, 0.4) is 0 Å². The number of nitrogens with zero attached hydrogens (tertiary/aromatic N) is 1. The molecule has 2 aromatic carbocycles. The van der Waals surface area contributed by atoms with Gasteiger partial charge in [-0.3, -0.25) is 9.78 Å². The standard InChI is InChI=1S/C26H31N3O2/c1-4-20-17-24(31-18-23-9-5-6-14-27-23)11-12-25(20)29-22-10-7-8-21(16-22)26(30)28-15-13-19(2)3/h5-12,14,16-17,19,29H,4,13,15,18H2,1-3H3,(H,28,30). The number of ether oxygens (including phenoxy) is 1. The monoisotopic (exact) mass is 417 g/mol. The Balaban J connectivity index is 1.65. The minimum Gasteiger partial charge on any atom is -0.487 e. The largest absolute Gasteiger partial charge is 0.487 e. The van der Waals surface area contributed by atoms with Crippen molar-refractivity contribution in [3.63, 3.8) is 0 Å². The maximum atomic E-state index is 12.4. The molecule has 0 spiro atoms. The van der Waals surface area contributed by atoms with Crippen LogP contribution in [0.5, 0.6) is 5.75 Å². The zero-order chi connectivity index (χ0) is 22.1. The summed E-state index contributed by atoms with van der Waals surface area (Å²) in [7, 11) is 0. The van der Waals surface area contributed by atoms with Crippen LogP contribution < -0.4 is 15.4 Å². The number of aromatic nitrogens is 1. The molecule has 1 aromatic heterocycles. The zero-order valence-corrected chi connectivity index (χ0v) is 18.5. The van der Waals surface area contributed by atoms with E-state index in [0.29, 0.717) is 24.6 Å². The molecule has 0 atom stereocenters. The van der Waals surface area contributed by atoms with Crippen molar-refractivity contribution in [1.29, 1.82) is 0 Å². The van der Waals surface area contributed by atoms with E-state index in [2.05, 4.69) is 36.4 Å². The summed E-state index contributed by atoms with van der Waals surface area (Å²) < 4.78 is 5.90. The quantitative estimate of drug-likeness (QED) is 0.441. The third-order valence-corrected chi connectivity index (χ3v) is 4.98. The van der Waals surface area contributed by atoms with Gasteiger partial charge in [-0.05, 0) is 72.9 Å². The number of carbonyl (C=O) groups excluding carboxylic acids is 1. The van der Waals surface area contributed by atoms with Crippen molar-refractivity contribution < 1.29 is 9.53 Å². The summed E-state index contributed by atoms with van der Waals surface area (Å²) in [4.78, 5) is 16.7. The number of pyridine rings is 1. The highest BCUT2D eigenvalue weighted by Gasteiger charge is 2.09. The van der Waals surface area contributed by atoms with Gasteiger partial charge in [0.05, 0.1) is 5.69 Å². The highest BCUT2D eigenvalue weighted by Crippen LogP contribution is 2.27. The molecule has 5 nitrogen and oxygen atoms in total. The Hall–Kier alpha value is -3.34. The van der Waals surface area contributed by atoms with Crippen LogP contribution in [0.25, 0.3) is 0 Å². The van der Waals surface area contributed by atoms with Crippen LogP contribution in [0.15, 0.2) is 66.9 Å². The highest BCUT2D eigenvalue weighted by molar-refractivity contribution is 5.95. The highest BCUT2D eigenvalue weighted by atomic mass is 16.5.